The van der Waals surface area contributed by atoms with Gasteiger partial charge in [-0.25, -0.2) is 18.2 Å². The quantitative estimate of drug-likeness (QED) is 0.902. The summed E-state index contributed by atoms with van der Waals surface area (Å²) in [7, 11) is -3.59. The lowest BCUT2D eigenvalue weighted by Crippen LogP contribution is -2.50. The molecule has 1 aromatic heterocycles. The summed E-state index contributed by atoms with van der Waals surface area (Å²) in [6, 6.07) is 4.80. The Kier molecular flexibility index (Phi) is 4.22. The molecule has 2 aromatic rings. The van der Waals surface area contributed by atoms with E-state index in [1.54, 1.807) is 25.1 Å². The largest absolute Gasteiger partial charge is 0.450 e. The summed E-state index contributed by atoms with van der Waals surface area (Å²) in [5.41, 5.74) is 1.40. The van der Waals surface area contributed by atoms with E-state index in [0.29, 0.717) is 25.2 Å². The van der Waals surface area contributed by atoms with Crippen molar-refractivity contribution in [2.24, 2.45) is 0 Å². The van der Waals surface area contributed by atoms with E-state index in [9.17, 15) is 13.2 Å². The monoisotopic (exact) mass is 338 g/mol. The molecule has 0 atom stereocenters. The van der Waals surface area contributed by atoms with Gasteiger partial charge < -0.3 is 14.6 Å². The highest BCUT2D eigenvalue weighted by Gasteiger charge is 2.30. The van der Waals surface area contributed by atoms with E-state index >= 15 is 0 Å². The Morgan fingerprint density at radius 1 is 1.30 bits per heavy atom. The summed E-state index contributed by atoms with van der Waals surface area (Å²) < 4.78 is 31.7. The van der Waals surface area contributed by atoms with E-state index in [-0.39, 0.29) is 18.0 Å². The number of amides is 1. The van der Waals surface area contributed by atoms with Gasteiger partial charge >= 0.3 is 6.09 Å². The van der Waals surface area contributed by atoms with Gasteiger partial charge in [-0.3, -0.25) is 0 Å². The number of H-pyrrole nitrogens is 1. The van der Waals surface area contributed by atoms with Gasteiger partial charge in [0.05, 0.1) is 28.9 Å². The molecule has 0 aliphatic carbocycles. The molecule has 0 spiro atoms. The minimum Gasteiger partial charge on any atom is -0.450 e. The van der Waals surface area contributed by atoms with Gasteiger partial charge in [0.1, 0.15) is 0 Å². The van der Waals surface area contributed by atoms with Crippen LogP contribution in [0.3, 0.4) is 0 Å². The molecule has 3 rings (SSSR count). The first kappa shape index (κ1) is 15.8. The average Bonchev–Trinajstić information content (AvgIpc) is 3.03. The molecule has 1 saturated heterocycles. The van der Waals surface area contributed by atoms with Crippen LogP contribution in [-0.2, 0) is 14.8 Å². The average molecular weight is 338 g/mol. The summed E-state index contributed by atoms with van der Waals surface area (Å²) in [4.78, 5) is 20.4. The predicted molar refractivity (Wildman–Crippen MR) is 83.4 cm³/mol. The Labute approximate surface area is 134 Å². The van der Waals surface area contributed by atoms with Gasteiger partial charge in [-0.05, 0) is 25.1 Å². The second-order valence-electron chi connectivity index (χ2n) is 5.17. The smallest absolute Gasteiger partial charge is 0.409 e. The number of ether oxygens (including phenoxy) is 1. The number of piperazine rings is 1. The van der Waals surface area contributed by atoms with Gasteiger partial charge in [-0.2, -0.15) is 4.31 Å². The molecule has 1 N–H and O–H groups in total. The minimum atomic E-state index is -3.59. The maximum atomic E-state index is 12.7. The Morgan fingerprint density at radius 3 is 2.74 bits per heavy atom. The lowest BCUT2D eigenvalue weighted by Gasteiger charge is -2.33. The molecule has 8 nitrogen and oxygen atoms in total. The van der Waals surface area contributed by atoms with E-state index in [2.05, 4.69) is 9.97 Å². The molecule has 1 aliphatic heterocycles. The second kappa shape index (κ2) is 6.17. The van der Waals surface area contributed by atoms with E-state index in [1.807, 2.05) is 0 Å². The van der Waals surface area contributed by atoms with E-state index in [0.717, 1.165) is 5.52 Å². The zero-order valence-electron chi connectivity index (χ0n) is 12.7. The van der Waals surface area contributed by atoms with Gasteiger partial charge in [0.25, 0.3) is 0 Å². The lowest BCUT2D eigenvalue weighted by molar-refractivity contribution is 0.0934. The van der Waals surface area contributed by atoms with Crippen LogP contribution in [0.5, 0.6) is 0 Å². The van der Waals surface area contributed by atoms with Crippen LogP contribution in [-0.4, -0.2) is 66.5 Å². The molecule has 124 valence electrons. The van der Waals surface area contributed by atoms with Crippen LogP contribution in [0.2, 0.25) is 0 Å². The fraction of sp³-hybridized carbons (Fsp3) is 0.429. The molecule has 0 saturated carbocycles. The standard InChI is InChI=1S/C14H18N4O4S/c1-2-22-14(19)17-5-7-18(8-6-17)23(20,21)11-3-4-12-13(9-11)16-10-15-12/h3-4,9-10H,2,5-8H2,1H3,(H,15,16). The van der Waals surface area contributed by atoms with E-state index in [4.69, 9.17) is 4.74 Å². The van der Waals surface area contributed by atoms with Crippen LogP contribution < -0.4 is 0 Å². The van der Waals surface area contributed by atoms with Crippen LogP contribution in [0.25, 0.3) is 11.0 Å². The second-order valence-corrected chi connectivity index (χ2v) is 7.11. The van der Waals surface area contributed by atoms with Gasteiger partial charge in [0.2, 0.25) is 10.0 Å². The van der Waals surface area contributed by atoms with Crippen molar-refractivity contribution in [2.45, 2.75) is 11.8 Å². The van der Waals surface area contributed by atoms with Gasteiger partial charge in [0.15, 0.2) is 0 Å². The molecule has 1 amide bonds. The number of aromatic amines is 1. The van der Waals surface area contributed by atoms with Crippen molar-refractivity contribution >= 4 is 27.1 Å². The molecule has 1 aliphatic rings. The molecule has 1 fully saturated rings. The Balaban J connectivity index is 1.75. The van der Waals surface area contributed by atoms with Crippen molar-refractivity contribution in [3.63, 3.8) is 0 Å². The highest BCUT2D eigenvalue weighted by molar-refractivity contribution is 7.89. The number of nitrogens with zero attached hydrogens (tertiary/aromatic N) is 3. The molecule has 0 unspecified atom stereocenters. The first-order chi connectivity index (χ1) is 11.0. The third-order valence-electron chi connectivity index (χ3n) is 3.79. The summed E-state index contributed by atoms with van der Waals surface area (Å²) >= 11 is 0. The van der Waals surface area contributed by atoms with Crippen LogP contribution in [0.1, 0.15) is 6.92 Å². The molecule has 0 radical (unpaired) electrons. The first-order valence-electron chi connectivity index (χ1n) is 7.37. The van der Waals surface area contributed by atoms with Crippen molar-refractivity contribution in [1.29, 1.82) is 0 Å². The third-order valence-corrected chi connectivity index (χ3v) is 5.69. The third kappa shape index (κ3) is 3.02. The van der Waals surface area contributed by atoms with Gasteiger partial charge in [-0.1, -0.05) is 0 Å². The molecule has 2 heterocycles. The van der Waals surface area contributed by atoms with Crippen LogP contribution in [0.15, 0.2) is 29.4 Å². The van der Waals surface area contributed by atoms with E-state index in [1.165, 1.54) is 15.5 Å². The van der Waals surface area contributed by atoms with Crippen LogP contribution >= 0.6 is 0 Å². The molecule has 23 heavy (non-hydrogen) atoms. The van der Waals surface area contributed by atoms with Crippen molar-refractivity contribution in [3.8, 4) is 0 Å². The summed E-state index contributed by atoms with van der Waals surface area (Å²) in [6.07, 6.45) is 1.13. The van der Waals surface area contributed by atoms with Crippen molar-refractivity contribution in [2.75, 3.05) is 32.8 Å². The normalized spacial score (nSPS) is 16.7. The number of rotatable bonds is 3. The van der Waals surface area contributed by atoms with E-state index < -0.39 is 16.1 Å². The first-order valence-corrected chi connectivity index (χ1v) is 8.81. The molecule has 1 aromatic carbocycles. The number of hydrogen-bond donors (Lipinski definition) is 1. The maximum absolute atomic E-state index is 12.7. The number of hydrogen-bond acceptors (Lipinski definition) is 5. The van der Waals surface area contributed by atoms with Crippen LogP contribution in [0.4, 0.5) is 4.79 Å². The topological polar surface area (TPSA) is 95.6 Å². The maximum Gasteiger partial charge on any atom is 0.409 e. The molecule has 0 bridgehead atoms. The number of aromatic nitrogens is 2. The summed E-state index contributed by atoms with van der Waals surface area (Å²) in [5, 5.41) is 0. The zero-order valence-corrected chi connectivity index (χ0v) is 13.5. The summed E-state index contributed by atoms with van der Waals surface area (Å²) in [6.45, 7) is 3.20. The highest BCUT2D eigenvalue weighted by Crippen LogP contribution is 2.21. The zero-order chi connectivity index (χ0) is 16.4. The number of imidazole rings is 1. The van der Waals surface area contributed by atoms with Crippen molar-refractivity contribution < 1.29 is 17.9 Å². The minimum absolute atomic E-state index is 0.221. The summed E-state index contributed by atoms with van der Waals surface area (Å²) in [5.74, 6) is 0. The predicted octanol–water partition coefficient (Wildman–Crippen LogP) is 1.03. The van der Waals surface area contributed by atoms with Gasteiger partial charge in [-0.15, -0.1) is 0 Å². The lowest BCUT2D eigenvalue weighted by atomic mass is 10.3. The Hall–Kier alpha value is -2.13. The number of nitrogens with one attached hydrogen (secondary N) is 1. The fourth-order valence-electron chi connectivity index (χ4n) is 2.55. The van der Waals surface area contributed by atoms with Crippen molar-refractivity contribution in [1.82, 2.24) is 19.2 Å². The molecular weight excluding hydrogens is 320 g/mol. The fourth-order valence-corrected chi connectivity index (χ4v) is 4.00. The number of carbonyl (C=O) groups excluding carboxylic acids is 1. The highest BCUT2D eigenvalue weighted by atomic mass is 32.2. The number of benzene rings is 1. The SMILES string of the molecule is CCOC(=O)N1CCN(S(=O)(=O)c2ccc3nc[nH]c3c2)CC1. The number of carbonyl (C=O) groups is 1. The Bertz CT molecular complexity index is 809. The number of sulfonamides is 1. The number of fused-ring (bicyclic) bond motifs is 1. The molecular formula is C14H18N4O4S. The Morgan fingerprint density at radius 2 is 2.04 bits per heavy atom. The van der Waals surface area contributed by atoms with Gasteiger partial charge in [0, 0.05) is 26.2 Å². The van der Waals surface area contributed by atoms with Crippen molar-refractivity contribution in [3.05, 3.63) is 24.5 Å². The van der Waals surface area contributed by atoms with Crippen LogP contribution in [0, 0.1) is 0 Å². The molecule has 9 heteroatoms.